The Morgan fingerprint density at radius 2 is 1.94 bits per heavy atom. The van der Waals surface area contributed by atoms with Crippen LogP contribution >= 0.6 is 0 Å². The molecular formula is C25H24F3N7O. The predicted octanol–water partition coefficient (Wildman–Crippen LogP) is 4.87. The van der Waals surface area contributed by atoms with Gasteiger partial charge in [0, 0.05) is 31.1 Å². The standard InChI is InChI=1S/C25H24F3N7O/c1-13(17-5-4-6-18(21(17)26)22(27)28)30-23-20-11-19(16-7-9-34(10-8-16)15(3)36)25-33-29-12-35(25)24(20)32-14(2)31-23/h4-7,11-13,22H,8-10H2,1-3H3,(H,30,31,32)/t13-/m1/s1. The first-order chi connectivity index (χ1) is 17.2. The van der Waals surface area contributed by atoms with Crippen molar-refractivity contribution in [2.24, 2.45) is 0 Å². The first kappa shape index (κ1) is 23.7. The SMILES string of the molecule is CC(=O)N1CC=C(c2cc3c(N[C@H](C)c4cccc(C(F)F)c4F)nc(C)nc3n3cnnc23)CC1. The van der Waals surface area contributed by atoms with Crippen LogP contribution in [-0.4, -0.2) is 48.5 Å². The van der Waals surface area contributed by atoms with Crippen LogP contribution in [0.5, 0.6) is 0 Å². The minimum Gasteiger partial charge on any atom is -0.363 e. The lowest BCUT2D eigenvalue weighted by molar-refractivity contribution is -0.128. The maximum absolute atomic E-state index is 14.8. The number of aromatic nitrogens is 5. The molecule has 186 valence electrons. The first-order valence-corrected chi connectivity index (χ1v) is 11.5. The van der Waals surface area contributed by atoms with Crippen molar-refractivity contribution in [3.63, 3.8) is 0 Å². The largest absolute Gasteiger partial charge is 0.363 e. The van der Waals surface area contributed by atoms with Gasteiger partial charge in [0.2, 0.25) is 5.91 Å². The molecule has 1 atom stereocenters. The average Bonchev–Trinajstić information content (AvgIpc) is 3.34. The summed E-state index contributed by atoms with van der Waals surface area (Å²) in [6.07, 6.45) is 1.30. The van der Waals surface area contributed by atoms with Gasteiger partial charge in [-0.2, -0.15) is 0 Å². The molecule has 1 amide bonds. The van der Waals surface area contributed by atoms with Crippen molar-refractivity contribution >= 4 is 34.0 Å². The van der Waals surface area contributed by atoms with Crippen molar-refractivity contribution in [2.45, 2.75) is 39.7 Å². The van der Waals surface area contributed by atoms with Crippen LogP contribution in [-0.2, 0) is 4.79 Å². The molecule has 1 aliphatic rings. The number of hydrogen-bond acceptors (Lipinski definition) is 6. The number of nitrogens with zero attached hydrogens (tertiary/aromatic N) is 6. The lowest BCUT2D eigenvalue weighted by Crippen LogP contribution is -2.32. The van der Waals surface area contributed by atoms with E-state index in [2.05, 4.69) is 25.5 Å². The van der Waals surface area contributed by atoms with Gasteiger partial charge in [-0.25, -0.2) is 23.1 Å². The Balaban J connectivity index is 1.61. The van der Waals surface area contributed by atoms with Gasteiger partial charge in [0.1, 0.15) is 23.8 Å². The Hall–Kier alpha value is -4.02. The van der Waals surface area contributed by atoms with E-state index in [-0.39, 0.29) is 11.5 Å². The van der Waals surface area contributed by atoms with Crippen LogP contribution in [0.25, 0.3) is 22.3 Å². The van der Waals surface area contributed by atoms with E-state index in [0.717, 1.165) is 17.2 Å². The molecule has 1 N–H and O–H groups in total. The molecular weight excluding hydrogens is 471 g/mol. The zero-order valence-corrected chi connectivity index (χ0v) is 20.0. The summed E-state index contributed by atoms with van der Waals surface area (Å²) >= 11 is 0. The zero-order chi connectivity index (χ0) is 25.6. The summed E-state index contributed by atoms with van der Waals surface area (Å²) in [6.45, 7) is 6.05. The summed E-state index contributed by atoms with van der Waals surface area (Å²) in [6, 6.07) is 5.24. The van der Waals surface area contributed by atoms with Crippen LogP contribution in [0.3, 0.4) is 0 Å². The first-order valence-electron chi connectivity index (χ1n) is 11.5. The number of anilines is 1. The van der Waals surface area contributed by atoms with E-state index in [0.29, 0.717) is 47.8 Å². The minimum atomic E-state index is -2.91. The number of carbonyl (C=O) groups is 1. The van der Waals surface area contributed by atoms with E-state index in [1.807, 2.05) is 12.1 Å². The molecule has 5 rings (SSSR count). The highest BCUT2D eigenvalue weighted by Gasteiger charge is 2.23. The number of carbonyl (C=O) groups excluding carboxylic acids is 1. The molecule has 0 aliphatic carbocycles. The number of rotatable bonds is 5. The van der Waals surface area contributed by atoms with E-state index >= 15 is 0 Å². The summed E-state index contributed by atoms with van der Waals surface area (Å²) in [5, 5.41) is 12.2. The average molecular weight is 496 g/mol. The van der Waals surface area contributed by atoms with Crippen LogP contribution in [0.2, 0.25) is 0 Å². The van der Waals surface area contributed by atoms with Gasteiger partial charge < -0.3 is 10.2 Å². The molecule has 0 saturated heterocycles. The molecule has 1 aliphatic heterocycles. The molecule has 0 unspecified atom stereocenters. The van der Waals surface area contributed by atoms with Gasteiger partial charge in [0.05, 0.1) is 17.0 Å². The molecule has 0 bridgehead atoms. The van der Waals surface area contributed by atoms with Crippen molar-refractivity contribution in [1.82, 2.24) is 29.5 Å². The Kier molecular flexibility index (Phi) is 6.07. The van der Waals surface area contributed by atoms with Crippen LogP contribution in [0.15, 0.2) is 36.7 Å². The highest BCUT2D eigenvalue weighted by molar-refractivity contribution is 5.94. The van der Waals surface area contributed by atoms with Gasteiger partial charge in [-0.05, 0) is 31.9 Å². The second-order valence-corrected chi connectivity index (χ2v) is 8.80. The van der Waals surface area contributed by atoms with E-state index in [1.165, 1.54) is 12.1 Å². The number of amides is 1. The van der Waals surface area contributed by atoms with Crippen molar-refractivity contribution in [2.75, 3.05) is 18.4 Å². The lowest BCUT2D eigenvalue weighted by Gasteiger charge is -2.25. The summed E-state index contributed by atoms with van der Waals surface area (Å²) < 4.78 is 43.1. The van der Waals surface area contributed by atoms with Gasteiger partial charge in [-0.3, -0.25) is 9.20 Å². The number of pyridine rings is 1. The normalized spacial score (nSPS) is 15.0. The van der Waals surface area contributed by atoms with Crippen LogP contribution in [0, 0.1) is 12.7 Å². The maximum atomic E-state index is 14.8. The van der Waals surface area contributed by atoms with E-state index < -0.39 is 23.8 Å². The van der Waals surface area contributed by atoms with E-state index in [4.69, 9.17) is 0 Å². The molecule has 0 fully saturated rings. The van der Waals surface area contributed by atoms with Gasteiger partial charge >= 0.3 is 0 Å². The molecule has 0 spiro atoms. The lowest BCUT2D eigenvalue weighted by atomic mass is 9.99. The minimum absolute atomic E-state index is 0.0175. The monoisotopic (exact) mass is 495 g/mol. The quantitative estimate of drug-likeness (QED) is 0.425. The van der Waals surface area contributed by atoms with Gasteiger partial charge in [-0.1, -0.05) is 24.3 Å². The van der Waals surface area contributed by atoms with Crippen LogP contribution in [0.4, 0.5) is 19.0 Å². The second kappa shape index (κ2) is 9.21. The third-order valence-corrected chi connectivity index (χ3v) is 6.46. The topological polar surface area (TPSA) is 88.3 Å². The van der Waals surface area contributed by atoms with Crippen molar-refractivity contribution in [1.29, 1.82) is 0 Å². The highest BCUT2D eigenvalue weighted by Crippen LogP contribution is 2.33. The fourth-order valence-corrected chi connectivity index (χ4v) is 4.57. The number of halogens is 3. The predicted molar refractivity (Wildman–Crippen MR) is 129 cm³/mol. The smallest absolute Gasteiger partial charge is 0.266 e. The van der Waals surface area contributed by atoms with Gasteiger partial charge in [0.25, 0.3) is 6.43 Å². The van der Waals surface area contributed by atoms with Crippen molar-refractivity contribution < 1.29 is 18.0 Å². The second-order valence-electron chi connectivity index (χ2n) is 8.80. The maximum Gasteiger partial charge on any atom is 0.266 e. The van der Waals surface area contributed by atoms with Crippen LogP contribution in [0.1, 0.15) is 55.3 Å². The molecule has 36 heavy (non-hydrogen) atoms. The van der Waals surface area contributed by atoms with Crippen molar-refractivity contribution in [3.8, 4) is 0 Å². The Bertz CT molecular complexity index is 1510. The summed E-state index contributed by atoms with van der Waals surface area (Å²) in [5.74, 6) is -0.0167. The number of nitrogens with one attached hydrogen (secondary N) is 1. The molecule has 8 nitrogen and oxygen atoms in total. The molecule has 4 aromatic rings. The number of aryl methyl sites for hydroxylation is 1. The van der Waals surface area contributed by atoms with E-state index in [1.54, 1.807) is 36.4 Å². The summed E-state index contributed by atoms with van der Waals surface area (Å²) in [4.78, 5) is 22.6. The number of benzene rings is 1. The van der Waals surface area contributed by atoms with E-state index in [9.17, 15) is 18.0 Å². The third-order valence-electron chi connectivity index (χ3n) is 6.46. The Labute approximate surface area is 204 Å². The number of fused-ring (bicyclic) bond motifs is 3. The molecule has 4 heterocycles. The van der Waals surface area contributed by atoms with Crippen molar-refractivity contribution in [3.05, 3.63) is 65.0 Å². The van der Waals surface area contributed by atoms with Gasteiger partial charge in [0.15, 0.2) is 11.3 Å². The Morgan fingerprint density at radius 3 is 2.64 bits per heavy atom. The molecule has 11 heteroatoms. The fraction of sp³-hybridized carbons (Fsp3) is 0.320. The highest BCUT2D eigenvalue weighted by atomic mass is 19.3. The molecule has 0 saturated carbocycles. The number of hydrogen-bond donors (Lipinski definition) is 1. The summed E-state index contributed by atoms with van der Waals surface area (Å²) in [5.41, 5.74) is 2.51. The summed E-state index contributed by atoms with van der Waals surface area (Å²) in [7, 11) is 0. The van der Waals surface area contributed by atoms with Crippen LogP contribution < -0.4 is 5.32 Å². The van der Waals surface area contributed by atoms with Gasteiger partial charge in [-0.15, -0.1) is 10.2 Å². The number of alkyl halides is 2. The molecule has 1 aromatic carbocycles. The zero-order valence-electron chi connectivity index (χ0n) is 20.0. The third kappa shape index (κ3) is 4.14. The Morgan fingerprint density at radius 1 is 1.17 bits per heavy atom. The molecule has 3 aromatic heterocycles. The fourth-order valence-electron chi connectivity index (χ4n) is 4.57. The molecule has 0 radical (unpaired) electrons.